The van der Waals surface area contributed by atoms with Crippen LogP contribution in [0, 0.1) is 0 Å². The van der Waals surface area contributed by atoms with Gasteiger partial charge in [-0.2, -0.15) is 0 Å². The molecule has 0 radical (unpaired) electrons. The Morgan fingerprint density at radius 1 is 1.47 bits per heavy atom. The number of nitrogens with zero attached hydrogens (tertiary/aromatic N) is 3. The maximum Gasteiger partial charge on any atom is 0.374 e. The molecule has 88 valence electrons. The first-order chi connectivity index (χ1) is 8.20. The minimum atomic E-state index is -0.501. The number of nitrogens with one attached hydrogen (secondary N) is 1. The highest BCUT2D eigenvalue weighted by atomic mass is 35.5. The molecule has 7 heteroatoms. The molecule has 0 aliphatic heterocycles. The number of hydrogen-bond donors (Lipinski definition) is 1. The molecule has 2 heterocycles. The lowest BCUT2D eigenvalue weighted by Gasteiger charge is -1.96. The van der Waals surface area contributed by atoms with E-state index >= 15 is 0 Å². The first-order valence-electron chi connectivity index (χ1n) is 4.92. The van der Waals surface area contributed by atoms with Crippen molar-refractivity contribution in [3.63, 3.8) is 0 Å². The van der Waals surface area contributed by atoms with Crippen LogP contribution in [-0.4, -0.2) is 32.5 Å². The summed E-state index contributed by atoms with van der Waals surface area (Å²) in [5.74, 6) is -0.365. The molecule has 2 aromatic rings. The summed E-state index contributed by atoms with van der Waals surface area (Å²) >= 11 is 5.66. The zero-order valence-electron chi connectivity index (χ0n) is 8.98. The van der Waals surface area contributed by atoms with E-state index in [0.717, 1.165) is 0 Å². The molecule has 17 heavy (non-hydrogen) atoms. The average molecular weight is 253 g/mol. The smallest absolute Gasteiger partial charge is 0.374 e. The fourth-order valence-corrected chi connectivity index (χ4v) is 1.38. The molecule has 6 nitrogen and oxygen atoms in total. The second-order valence-corrected chi connectivity index (χ2v) is 3.40. The maximum absolute atomic E-state index is 11.4. The topological polar surface area (TPSA) is 80.8 Å². The lowest BCUT2D eigenvalue weighted by atomic mass is 10.3. The van der Waals surface area contributed by atoms with Gasteiger partial charge in [0.25, 0.3) is 0 Å². The largest absolute Gasteiger partial charge is 0.460 e. The second-order valence-electron chi connectivity index (χ2n) is 3.07. The van der Waals surface area contributed by atoms with E-state index < -0.39 is 5.97 Å². The number of aromatic nitrogens is 4. The number of H-pyrrole nitrogens is 1. The molecular weight excluding hydrogens is 244 g/mol. The standard InChI is InChI=1S/C10H9ClN4O2/c1-2-17-9(16)8-13-5-7(14-8)6-3-4-12-10(11)15-6/h3-5H,2H2,1H3,(H,13,14). The van der Waals surface area contributed by atoms with Gasteiger partial charge in [-0.1, -0.05) is 0 Å². The first kappa shape index (κ1) is 11.5. The Balaban J connectivity index is 2.27. The maximum atomic E-state index is 11.4. The van der Waals surface area contributed by atoms with E-state index in [1.165, 1.54) is 6.20 Å². The van der Waals surface area contributed by atoms with Crippen LogP contribution in [0.4, 0.5) is 0 Å². The van der Waals surface area contributed by atoms with Crippen molar-refractivity contribution in [1.29, 1.82) is 0 Å². The number of carbonyl (C=O) groups excluding carboxylic acids is 1. The third-order valence-electron chi connectivity index (χ3n) is 1.94. The minimum Gasteiger partial charge on any atom is -0.460 e. The van der Waals surface area contributed by atoms with E-state index in [-0.39, 0.29) is 11.1 Å². The molecule has 2 aromatic heterocycles. The Bertz CT molecular complexity index is 541. The van der Waals surface area contributed by atoms with E-state index in [2.05, 4.69) is 19.9 Å². The zero-order chi connectivity index (χ0) is 12.3. The third-order valence-corrected chi connectivity index (χ3v) is 2.12. The normalized spacial score (nSPS) is 10.2. The quantitative estimate of drug-likeness (QED) is 0.664. The number of rotatable bonds is 3. The van der Waals surface area contributed by atoms with Crippen molar-refractivity contribution in [3.05, 3.63) is 29.6 Å². The summed E-state index contributed by atoms with van der Waals surface area (Å²) < 4.78 is 4.81. The predicted octanol–water partition coefficient (Wildman–Crippen LogP) is 1.70. The van der Waals surface area contributed by atoms with Gasteiger partial charge in [-0.3, -0.25) is 0 Å². The van der Waals surface area contributed by atoms with Crippen molar-refractivity contribution in [2.45, 2.75) is 6.92 Å². The number of aromatic amines is 1. The van der Waals surface area contributed by atoms with Crippen molar-refractivity contribution >= 4 is 17.6 Å². The number of hydrogen-bond acceptors (Lipinski definition) is 5. The van der Waals surface area contributed by atoms with Gasteiger partial charge in [-0.25, -0.2) is 19.7 Å². The van der Waals surface area contributed by atoms with Crippen LogP contribution < -0.4 is 0 Å². The van der Waals surface area contributed by atoms with E-state index in [0.29, 0.717) is 18.0 Å². The molecule has 0 aliphatic rings. The number of imidazole rings is 1. The van der Waals surface area contributed by atoms with Gasteiger partial charge in [0.1, 0.15) is 5.69 Å². The summed E-state index contributed by atoms with van der Waals surface area (Å²) in [7, 11) is 0. The van der Waals surface area contributed by atoms with E-state index in [9.17, 15) is 4.79 Å². The minimum absolute atomic E-state index is 0.128. The molecule has 0 aliphatic carbocycles. The van der Waals surface area contributed by atoms with Crippen LogP contribution in [0.2, 0.25) is 5.28 Å². The van der Waals surface area contributed by atoms with E-state index in [1.807, 2.05) is 0 Å². The molecule has 0 bridgehead atoms. The van der Waals surface area contributed by atoms with Gasteiger partial charge < -0.3 is 9.72 Å². The summed E-state index contributed by atoms with van der Waals surface area (Å²) in [6.45, 7) is 2.03. The summed E-state index contributed by atoms with van der Waals surface area (Å²) in [5.41, 5.74) is 1.05. The molecule has 0 spiro atoms. The summed E-state index contributed by atoms with van der Waals surface area (Å²) in [6.07, 6.45) is 3.08. The Labute approximate surface area is 102 Å². The second kappa shape index (κ2) is 4.92. The predicted molar refractivity (Wildman–Crippen MR) is 60.6 cm³/mol. The average Bonchev–Trinajstić information content (AvgIpc) is 2.78. The zero-order valence-corrected chi connectivity index (χ0v) is 9.73. The summed E-state index contributed by atoms with van der Waals surface area (Å²) in [4.78, 5) is 25.9. The SMILES string of the molecule is CCOC(=O)c1nc(-c2ccnc(Cl)n2)c[nH]1. The molecule has 0 amide bonds. The van der Waals surface area contributed by atoms with Gasteiger partial charge in [0.2, 0.25) is 11.1 Å². The van der Waals surface area contributed by atoms with Gasteiger partial charge in [0.15, 0.2) is 0 Å². The lowest BCUT2D eigenvalue weighted by molar-refractivity contribution is 0.0513. The van der Waals surface area contributed by atoms with Gasteiger partial charge in [0.05, 0.1) is 12.3 Å². The highest BCUT2D eigenvalue weighted by molar-refractivity contribution is 6.28. The number of carbonyl (C=O) groups is 1. The molecule has 0 saturated heterocycles. The van der Waals surface area contributed by atoms with Gasteiger partial charge in [-0.15, -0.1) is 0 Å². The Morgan fingerprint density at radius 2 is 2.29 bits per heavy atom. The van der Waals surface area contributed by atoms with Gasteiger partial charge in [-0.05, 0) is 24.6 Å². The number of ether oxygens (including phenoxy) is 1. The molecule has 0 unspecified atom stereocenters. The van der Waals surface area contributed by atoms with Crippen molar-refractivity contribution in [2.24, 2.45) is 0 Å². The summed E-state index contributed by atoms with van der Waals surface area (Å²) in [6, 6.07) is 1.65. The van der Waals surface area contributed by atoms with Crippen molar-refractivity contribution < 1.29 is 9.53 Å². The summed E-state index contributed by atoms with van der Waals surface area (Å²) in [5, 5.41) is 0.128. The molecule has 0 aromatic carbocycles. The van der Waals surface area contributed by atoms with E-state index in [1.54, 1.807) is 19.2 Å². The van der Waals surface area contributed by atoms with Crippen LogP contribution >= 0.6 is 11.6 Å². The number of esters is 1. The third kappa shape index (κ3) is 2.59. The van der Waals surface area contributed by atoms with Crippen LogP contribution in [-0.2, 0) is 4.74 Å². The van der Waals surface area contributed by atoms with Gasteiger partial charge >= 0.3 is 5.97 Å². The van der Waals surface area contributed by atoms with Crippen LogP contribution in [0.3, 0.4) is 0 Å². The Kier molecular flexibility index (Phi) is 3.34. The molecule has 1 N–H and O–H groups in total. The van der Waals surface area contributed by atoms with Crippen molar-refractivity contribution in [3.8, 4) is 11.4 Å². The van der Waals surface area contributed by atoms with Crippen molar-refractivity contribution in [1.82, 2.24) is 19.9 Å². The van der Waals surface area contributed by atoms with Crippen LogP contribution in [0.25, 0.3) is 11.4 Å². The fraction of sp³-hybridized carbons (Fsp3) is 0.200. The van der Waals surface area contributed by atoms with E-state index in [4.69, 9.17) is 16.3 Å². The fourth-order valence-electron chi connectivity index (χ4n) is 1.23. The number of halogens is 1. The molecule has 2 rings (SSSR count). The Morgan fingerprint density at radius 3 is 3.00 bits per heavy atom. The van der Waals surface area contributed by atoms with Crippen LogP contribution in [0.5, 0.6) is 0 Å². The lowest BCUT2D eigenvalue weighted by Crippen LogP contribution is -2.06. The Hall–Kier alpha value is -1.95. The molecule has 0 fully saturated rings. The monoisotopic (exact) mass is 252 g/mol. The highest BCUT2D eigenvalue weighted by Crippen LogP contribution is 2.15. The molecule has 0 atom stereocenters. The highest BCUT2D eigenvalue weighted by Gasteiger charge is 2.13. The van der Waals surface area contributed by atoms with Gasteiger partial charge in [0, 0.05) is 12.4 Å². The molecular formula is C10H9ClN4O2. The van der Waals surface area contributed by atoms with Crippen molar-refractivity contribution in [2.75, 3.05) is 6.61 Å². The first-order valence-corrected chi connectivity index (χ1v) is 5.30. The van der Waals surface area contributed by atoms with Crippen LogP contribution in [0.15, 0.2) is 18.5 Å². The van der Waals surface area contributed by atoms with Crippen LogP contribution in [0.1, 0.15) is 17.5 Å². The molecule has 0 saturated carbocycles.